The summed E-state index contributed by atoms with van der Waals surface area (Å²) in [4.78, 5) is 0. The minimum atomic E-state index is -0.342. The molecule has 2 aromatic heterocycles. The fourth-order valence-electron chi connectivity index (χ4n) is 2.08. The summed E-state index contributed by atoms with van der Waals surface area (Å²) < 4.78 is 20.3. The van der Waals surface area contributed by atoms with Gasteiger partial charge in [0.15, 0.2) is 5.76 Å². The summed E-state index contributed by atoms with van der Waals surface area (Å²) in [5.41, 5.74) is 6.96. The third-order valence-electron chi connectivity index (χ3n) is 3.14. The molecule has 0 saturated heterocycles. The van der Waals surface area contributed by atoms with Crippen LogP contribution >= 0.6 is 0 Å². The van der Waals surface area contributed by atoms with E-state index in [9.17, 15) is 9.65 Å². The maximum Gasteiger partial charge on any atom is 0.155 e. The Labute approximate surface area is 120 Å². The molecule has 5 nitrogen and oxygen atoms in total. The fourth-order valence-corrected chi connectivity index (χ4v) is 2.08. The van der Waals surface area contributed by atoms with Gasteiger partial charge in [0.1, 0.15) is 29.0 Å². The van der Waals surface area contributed by atoms with Gasteiger partial charge in [0.2, 0.25) is 0 Å². The van der Waals surface area contributed by atoms with Crippen molar-refractivity contribution in [2.45, 2.75) is 6.54 Å². The number of hydrogen-bond acceptors (Lipinski definition) is 4. The van der Waals surface area contributed by atoms with Gasteiger partial charge in [-0.1, -0.05) is 18.2 Å². The van der Waals surface area contributed by atoms with E-state index < -0.39 is 0 Å². The van der Waals surface area contributed by atoms with Crippen molar-refractivity contribution in [1.82, 2.24) is 9.78 Å². The highest BCUT2D eigenvalue weighted by atomic mass is 19.1. The van der Waals surface area contributed by atoms with Gasteiger partial charge >= 0.3 is 0 Å². The average Bonchev–Trinajstić information content (AvgIpc) is 3.10. The standard InChI is InChI=1S/C15H11FN4O/c16-12-5-2-1-4-10(12)9-20-15(18)11(8-17)14(19-20)13-6-3-7-21-13/h1-7H,9,18H2. The number of nitrogens with zero attached hydrogens (tertiary/aromatic N) is 3. The maximum atomic E-state index is 13.7. The summed E-state index contributed by atoms with van der Waals surface area (Å²) in [6, 6.07) is 11.8. The predicted octanol–water partition coefficient (Wildman–Crippen LogP) is 2.78. The lowest BCUT2D eigenvalue weighted by molar-refractivity contribution is 0.572. The van der Waals surface area contributed by atoms with Crippen molar-refractivity contribution in [3.8, 4) is 17.5 Å². The highest BCUT2D eigenvalue weighted by Gasteiger charge is 2.19. The zero-order valence-electron chi connectivity index (χ0n) is 11.0. The first-order chi connectivity index (χ1) is 10.2. The number of aromatic nitrogens is 2. The quantitative estimate of drug-likeness (QED) is 0.801. The molecule has 0 spiro atoms. The molecule has 6 heteroatoms. The molecule has 0 unspecified atom stereocenters. The maximum absolute atomic E-state index is 13.7. The third-order valence-corrected chi connectivity index (χ3v) is 3.14. The Morgan fingerprint density at radius 3 is 2.76 bits per heavy atom. The minimum absolute atomic E-state index is 0.147. The number of rotatable bonds is 3. The molecule has 104 valence electrons. The molecule has 0 atom stereocenters. The van der Waals surface area contributed by atoms with E-state index in [0.717, 1.165) is 0 Å². The molecular weight excluding hydrogens is 271 g/mol. The summed E-state index contributed by atoms with van der Waals surface area (Å²) in [7, 11) is 0. The molecule has 2 N–H and O–H groups in total. The zero-order chi connectivity index (χ0) is 14.8. The largest absolute Gasteiger partial charge is 0.463 e. The zero-order valence-corrected chi connectivity index (χ0v) is 11.0. The first-order valence-corrected chi connectivity index (χ1v) is 6.24. The Bertz CT molecular complexity index is 815. The number of halogens is 1. The molecule has 2 heterocycles. The van der Waals surface area contributed by atoms with Gasteiger partial charge in [0, 0.05) is 5.56 Å². The number of furan rings is 1. The molecule has 0 radical (unpaired) electrons. The van der Waals surface area contributed by atoms with Crippen molar-refractivity contribution in [2.24, 2.45) is 0 Å². The van der Waals surface area contributed by atoms with Gasteiger partial charge in [-0.2, -0.15) is 10.4 Å². The number of nitriles is 1. The first-order valence-electron chi connectivity index (χ1n) is 6.24. The first kappa shape index (κ1) is 12.9. The van der Waals surface area contributed by atoms with Crippen LogP contribution in [0.4, 0.5) is 10.2 Å². The highest BCUT2D eigenvalue weighted by molar-refractivity contribution is 5.69. The lowest BCUT2D eigenvalue weighted by Gasteiger charge is -2.05. The highest BCUT2D eigenvalue weighted by Crippen LogP contribution is 2.27. The van der Waals surface area contributed by atoms with Crippen LogP contribution in [-0.4, -0.2) is 9.78 Å². The van der Waals surface area contributed by atoms with E-state index >= 15 is 0 Å². The van der Waals surface area contributed by atoms with Crippen molar-refractivity contribution >= 4 is 5.82 Å². The van der Waals surface area contributed by atoms with Crippen molar-refractivity contribution in [1.29, 1.82) is 5.26 Å². The summed E-state index contributed by atoms with van der Waals surface area (Å²) in [6.07, 6.45) is 1.49. The van der Waals surface area contributed by atoms with Gasteiger partial charge in [-0.05, 0) is 18.2 Å². The van der Waals surface area contributed by atoms with E-state index in [0.29, 0.717) is 17.0 Å². The Hall–Kier alpha value is -3.07. The second-order valence-electron chi connectivity index (χ2n) is 4.45. The molecular formula is C15H11FN4O. The molecule has 0 amide bonds. The summed E-state index contributed by atoms with van der Waals surface area (Å²) in [6.45, 7) is 0.147. The van der Waals surface area contributed by atoms with Crippen LogP contribution in [0.25, 0.3) is 11.5 Å². The molecule has 0 aliphatic rings. The van der Waals surface area contributed by atoms with Crippen molar-refractivity contribution in [3.05, 3.63) is 59.6 Å². The van der Waals surface area contributed by atoms with Crippen LogP contribution in [-0.2, 0) is 6.54 Å². The number of anilines is 1. The van der Waals surface area contributed by atoms with Crippen molar-refractivity contribution < 1.29 is 8.81 Å². The van der Waals surface area contributed by atoms with Gasteiger partial charge < -0.3 is 10.2 Å². The molecule has 0 fully saturated rings. The second kappa shape index (κ2) is 5.13. The lowest BCUT2D eigenvalue weighted by Crippen LogP contribution is -2.07. The number of hydrogen-bond donors (Lipinski definition) is 1. The molecule has 1 aromatic carbocycles. The van der Waals surface area contributed by atoms with Crippen LogP contribution in [0.1, 0.15) is 11.1 Å². The Balaban J connectivity index is 2.05. The third kappa shape index (κ3) is 2.25. The normalized spacial score (nSPS) is 10.5. The lowest BCUT2D eigenvalue weighted by atomic mass is 10.2. The summed E-state index contributed by atoms with van der Waals surface area (Å²) >= 11 is 0. The van der Waals surface area contributed by atoms with Crippen LogP contribution in [0, 0.1) is 17.1 Å². The fraction of sp³-hybridized carbons (Fsp3) is 0.0667. The van der Waals surface area contributed by atoms with E-state index in [2.05, 4.69) is 5.10 Å². The predicted molar refractivity (Wildman–Crippen MR) is 74.6 cm³/mol. The van der Waals surface area contributed by atoms with Crippen molar-refractivity contribution in [3.63, 3.8) is 0 Å². The van der Waals surface area contributed by atoms with Gasteiger partial charge in [0.05, 0.1) is 12.8 Å². The molecule has 3 rings (SSSR count). The summed E-state index contributed by atoms with van der Waals surface area (Å²) in [5.74, 6) is 0.295. The van der Waals surface area contributed by atoms with Crippen LogP contribution in [0.3, 0.4) is 0 Å². The molecule has 3 aromatic rings. The summed E-state index contributed by atoms with van der Waals surface area (Å²) in [5, 5.41) is 13.5. The van der Waals surface area contributed by atoms with E-state index in [1.165, 1.54) is 17.0 Å². The van der Waals surface area contributed by atoms with Gasteiger partial charge in [0.25, 0.3) is 0 Å². The number of nitrogen functional groups attached to an aromatic ring is 1. The smallest absolute Gasteiger partial charge is 0.155 e. The minimum Gasteiger partial charge on any atom is -0.463 e. The van der Waals surface area contributed by atoms with Crippen LogP contribution < -0.4 is 5.73 Å². The van der Waals surface area contributed by atoms with Gasteiger partial charge in [-0.3, -0.25) is 0 Å². The Morgan fingerprint density at radius 1 is 1.29 bits per heavy atom. The number of nitrogens with two attached hydrogens (primary N) is 1. The van der Waals surface area contributed by atoms with E-state index in [-0.39, 0.29) is 23.7 Å². The van der Waals surface area contributed by atoms with E-state index in [1.54, 1.807) is 30.3 Å². The van der Waals surface area contributed by atoms with Crippen LogP contribution in [0.2, 0.25) is 0 Å². The molecule has 0 aliphatic heterocycles. The topological polar surface area (TPSA) is 80.8 Å². The van der Waals surface area contributed by atoms with Gasteiger partial charge in [-0.15, -0.1) is 0 Å². The second-order valence-corrected chi connectivity index (χ2v) is 4.45. The van der Waals surface area contributed by atoms with E-state index in [1.807, 2.05) is 6.07 Å². The monoisotopic (exact) mass is 282 g/mol. The Kier molecular flexibility index (Phi) is 3.16. The SMILES string of the molecule is N#Cc1c(-c2ccco2)nn(Cc2ccccc2F)c1N. The van der Waals surface area contributed by atoms with Crippen LogP contribution in [0.15, 0.2) is 47.1 Å². The van der Waals surface area contributed by atoms with Gasteiger partial charge in [-0.25, -0.2) is 9.07 Å². The van der Waals surface area contributed by atoms with E-state index in [4.69, 9.17) is 10.2 Å². The number of benzene rings is 1. The average molecular weight is 282 g/mol. The molecule has 0 saturated carbocycles. The van der Waals surface area contributed by atoms with Crippen molar-refractivity contribution in [2.75, 3.05) is 5.73 Å². The Morgan fingerprint density at radius 2 is 2.10 bits per heavy atom. The molecule has 0 bridgehead atoms. The molecule has 0 aliphatic carbocycles. The van der Waals surface area contributed by atoms with Crippen LogP contribution in [0.5, 0.6) is 0 Å². The molecule has 21 heavy (non-hydrogen) atoms.